The molecule has 1 aliphatic rings. The number of rotatable bonds is 5. The summed E-state index contributed by atoms with van der Waals surface area (Å²) in [6, 6.07) is 6.85. The average Bonchev–Trinajstić information content (AvgIpc) is 3.06. The van der Waals surface area contributed by atoms with Gasteiger partial charge in [-0.1, -0.05) is 32.1 Å². The third-order valence-electron chi connectivity index (χ3n) is 5.04. The first kappa shape index (κ1) is 15.3. The van der Waals surface area contributed by atoms with E-state index in [-0.39, 0.29) is 5.63 Å². The Morgan fingerprint density at radius 2 is 1.88 bits per heavy atom. The minimum Gasteiger partial charge on any atom is -0.492 e. The fraction of sp³-hybridized carbons (Fsp3) is 0.450. The summed E-state index contributed by atoms with van der Waals surface area (Å²) in [7, 11) is 0. The molecular weight excluding hydrogens is 304 g/mol. The number of hydrogen-bond acceptors (Lipinski definition) is 4. The van der Waals surface area contributed by atoms with Crippen LogP contribution in [0, 0.1) is 5.92 Å². The number of ether oxygens (including phenoxy) is 1. The van der Waals surface area contributed by atoms with Crippen LogP contribution in [0.1, 0.15) is 44.9 Å². The highest BCUT2D eigenvalue weighted by Crippen LogP contribution is 2.35. The molecule has 1 aromatic carbocycles. The lowest BCUT2D eigenvalue weighted by molar-refractivity contribution is 0.272. The van der Waals surface area contributed by atoms with Gasteiger partial charge in [-0.2, -0.15) is 0 Å². The SMILES string of the molecule is O=c1ccc2c(OCCCC3CCCCC3)c3ccoc3cc2o1. The van der Waals surface area contributed by atoms with E-state index in [0.29, 0.717) is 17.8 Å². The van der Waals surface area contributed by atoms with Crippen LogP contribution in [0.15, 0.2) is 44.2 Å². The maximum atomic E-state index is 11.5. The summed E-state index contributed by atoms with van der Waals surface area (Å²) in [6.07, 6.45) is 10.8. The van der Waals surface area contributed by atoms with Gasteiger partial charge >= 0.3 is 5.63 Å². The van der Waals surface area contributed by atoms with E-state index in [0.717, 1.165) is 28.9 Å². The van der Waals surface area contributed by atoms with Crippen molar-refractivity contribution < 1.29 is 13.6 Å². The molecule has 1 saturated carbocycles. The zero-order valence-electron chi connectivity index (χ0n) is 13.8. The first-order valence-electron chi connectivity index (χ1n) is 8.88. The molecule has 0 saturated heterocycles. The molecule has 0 radical (unpaired) electrons. The van der Waals surface area contributed by atoms with E-state index in [4.69, 9.17) is 13.6 Å². The number of fused-ring (bicyclic) bond motifs is 2. The Morgan fingerprint density at radius 3 is 2.75 bits per heavy atom. The average molecular weight is 326 g/mol. The maximum absolute atomic E-state index is 11.5. The first-order chi connectivity index (χ1) is 11.8. The summed E-state index contributed by atoms with van der Waals surface area (Å²) in [4.78, 5) is 11.5. The minimum absolute atomic E-state index is 0.364. The van der Waals surface area contributed by atoms with Crippen molar-refractivity contribution in [3.8, 4) is 5.75 Å². The van der Waals surface area contributed by atoms with Crippen LogP contribution in [0.2, 0.25) is 0 Å². The van der Waals surface area contributed by atoms with Crippen LogP contribution < -0.4 is 10.4 Å². The fourth-order valence-electron chi connectivity index (χ4n) is 3.79. The van der Waals surface area contributed by atoms with E-state index in [2.05, 4.69) is 0 Å². The normalized spacial score (nSPS) is 16.0. The van der Waals surface area contributed by atoms with E-state index in [1.54, 1.807) is 18.4 Å². The van der Waals surface area contributed by atoms with Crippen LogP contribution in [-0.4, -0.2) is 6.61 Å². The Labute approximate surface area is 140 Å². The molecule has 2 heterocycles. The van der Waals surface area contributed by atoms with E-state index in [1.165, 1.54) is 44.6 Å². The van der Waals surface area contributed by atoms with Gasteiger partial charge in [-0.15, -0.1) is 0 Å². The Hall–Kier alpha value is -2.23. The van der Waals surface area contributed by atoms with Crippen LogP contribution in [0.3, 0.4) is 0 Å². The Morgan fingerprint density at radius 1 is 1.04 bits per heavy atom. The highest BCUT2D eigenvalue weighted by atomic mass is 16.5. The monoisotopic (exact) mass is 326 g/mol. The Kier molecular flexibility index (Phi) is 4.28. The smallest absolute Gasteiger partial charge is 0.336 e. The van der Waals surface area contributed by atoms with Gasteiger partial charge in [-0.05, 0) is 30.9 Å². The molecule has 4 rings (SSSR count). The second kappa shape index (κ2) is 6.71. The lowest BCUT2D eigenvalue weighted by Crippen LogP contribution is -2.08. The van der Waals surface area contributed by atoms with Crippen LogP contribution >= 0.6 is 0 Å². The van der Waals surface area contributed by atoms with Crippen molar-refractivity contribution in [2.24, 2.45) is 5.92 Å². The first-order valence-corrected chi connectivity index (χ1v) is 8.88. The predicted molar refractivity (Wildman–Crippen MR) is 93.6 cm³/mol. The molecule has 0 N–H and O–H groups in total. The molecule has 126 valence electrons. The third-order valence-corrected chi connectivity index (χ3v) is 5.04. The maximum Gasteiger partial charge on any atom is 0.336 e. The number of benzene rings is 1. The summed E-state index contributed by atoms with van der Waals surface area (Å²) < 4.78 is 16.9. The lowest BCUT2D eigenvalue weighted by Gasteiger charge is -2.21. The highest BCUT2D eigenvalue weighted by Gasteiger charge is 2.15. The molecule has 0 spiro atoms. The van der Waals surface area contributed by atoms with Crippen LogP contribution in [-0.2, 0) is 0 Å². The van der Waals surface area contributed by atoms with E-state index < -0.39 is 0 Å². The topological polar surface area (TPSA) is 52.6 Å². The highest BCUT2D eigenvalue weighted by molar-refractivity contribution is 6.01. The van der Waals surface area contributed by atoms with Crippen LogP contribution in [0.4, 0.5) is 0 Å². The van der Waals surface area contributed by atoms with Gasteiger partial charge in [-0.3, -0.25) is 0 Å². The molecule has 1 aliphatic carbocycles. The second-order valence-corrected chi connectivity index (χ2v) is 6.70. The molecule has 4 nitrogen and oxygen atoms in total. The summed E-state index contributed by atoms with van der Waals surface area (Å²) >= 11 is 0. The predicted octanol–water partition coefficient (Wildman–Crippen LogP) is 5.28. The standard InChI is InChI=1S/C20H22O4/c21-19-9-8-15-18(24-19)13-17-16(10-12-22-17)20(15)23-11-4-7-14-5-2-1-3-6-14/h8-10,12-14H,1-7,11H2. The molecule has 0 amide bonds. The molecule has 1 fully saturated rings. The van der Waals surface area contributed by atoms with Gasteiger partial charge in [-0.25, -0.2) is 4.79 Å². The molecule has 0 atom stereocenters. The summed E-state index contributed by atoms with van der Waals surface area (Å²) in [5, 5.41) is 1.75. The molecule has 0 unspecified atom stereocenters. The Bertz CT molecular complexity index is 883. The Balaban J connectivity index is 1.53. The molecule has 0 aliphatic heterocycles. The van der Waals surface area contributed by atoms with Crippen molar-refractivity contribution in [1.82, 2.24) is 0 Å². The summed E-state index contributed by atoms with van der Waals surface area (Å²) in [5.74, 6) is 1.62. The van der Waals surface area contributed by atoms with Crippen LogP contribution in [0.5, 0.6) is 5.75 Å². The van der Waals surface area contributed by atoms with Crippen molar-refractivity contribution in [1.29, 1.82) is 0 Å². The van der Waals surface area contributed by atoms with Crippen molar-refractivity contribution in [2.75, 3.05) is 6.61 Å². The molecule has 4 heteroatoms. The molecular formula is C20H22O4. The van der Waals surface area contributed by atoms with Crippen molar-refractivity contribution in [3.05, 3.63) is 40.9 Å². The fourth-order valence-corrected chi connectivity index (χ4v) is 3.79. The molecule has 24 heavy (non-hydrogen) atoms. The molecule has 3 aromatic rings. The number of hydrogen-bond donors (Lipinski definition) is 0. The molecule has 2 aromatic heterocycles. The van der Waals surface area contributed by atoms with Gasteiger partial charge in [0.15, 0.2) is 0 Å². The zero-order valence-corrected chi connectivity index (χ0v) is 13.8. The van der Waals surface area contributed by atoms with Gasteiger partial charge in [0.1, 0.15) is 16.9 Å². The van der Waals surface area contributed by atoms with Crippen molar-refractivity contribution in [2.45, 2.75) is 44.9 Å². The lowest BCUT2D eigenvalue weighted by atomic mass is 9.86. The van der Waals surface area contributed by atoms with Crippen LogP contribution in [0.25, 0.3) is 21.9 Å². The summed E-state index contributed by atoms with van der Waals surface area (Å²) in [6.45, 7) is 0.676. The second-order valence-electron chi connectivity index (χ2n) is 6.70. The van der Waals surface area contributed by atoms with Crippen molar-refractivity contribution >= 4 is 21.9 Å². The number of furan rings is 1. The van der Waals surface area contributed by atoms with Gasteiger partial charge in [0.25, 0.3) is 0 Å². The van der Waals surface area contributed by atoms with E-state index in [1.807, 2.05) is 6.07 Å². The van der Waals surface area contributed by atoms with Gasteiger partial charge in [0, 0.05) is 12.1 Å². The van der Waals surface area contributed by atoms with E-state index in [9.17, 15) is 4.79 Å². The van der Waals surface area contributed by atoms with Gasteiger partial charge < -0.3 is 13.6 Å². The molecule has 0 bridgehead atoms. The zero-order chi connectivity index (χ0) is 16.4. The van der Waals surface area contributed by atoms with E-state index >= 15 is 0 Å². The third kappa shape index (κ3) is 3.05. The van der Waals surface area contributed by atoms with Crippen molar-refractivity contribution in [3.63, 3.8) is 0 Å². The van der Waals surface area contributed by atoms with Gasteiger partial charge in [0.05, 0.1) is 23.6 Å². The quantitative estimate of drug-likeness (QED) is 0.473. The summed E-state index contributed by atoms with van der Waals surface area (Å²) in [5.41, 5.74) is 0.822. The largest absolute Gasteiger partial charge is 0.492 e. The minimum atomic E-state index is -0.364. The van der Waals surface area contributed by atoms with Gasteiger partial charge in [0.2, 0.25) is 0 Å².